The molecule has 2 aromatic rings. The minimum absolute atomic E-state index is 0. The van der Waals surface area contributed by atoms with Crippen molar-refractivity contribution in [3.8, 4) is 11.5 Å². The van der Waals surface area contributed by atoms with E-state index in [0.29, 0.717) is 19.0 Å². The Morgan fingerprint density at radius 3 is 2.58 bits per heavy atom. The average molecular weight is 461 g/mol. The first-order valence-corrected chi connectivity index (χ1v) is 8.29. The molecule has 1 aromatic carbocycles. The molecule has 7 heteroatoms. The molecule has 0 radical (unpaired) electrons. The molecule has 5 nitrogen and oxygen atoms in total. The van der Waals surface area contributed by atoms with Crippen LogP contribution in [0.1, 0.15) is 16.0 Å². The normalized spacial score (nSPS) is 10.9. The van der Waals surface area contributed by atoms with E-state index in [0.717, 1.165) is 23.5 Å². The zero-order valence-electron chi connectivity index (χ0n) is 14.2. The second-order valence-corrected chi connectivity index (χ2v) is 6.10. The van der Waals surface area contributed by atoms with Crippen LogP contribution in [0.5, 0.6) is 11.5 Å². The molecule has 0 amide bonds. The van der Waals surface area contributed by atoms with E-state index in [1.165, 1.54) is 10.4 Å². The molecule has 0 saturated carbocycles. The van der Waals surface area contributed by atoms with E-state index in [-0.39, 0.29) is 24.0 Å². The number of benzene rings is 1. The molecule has 0 aliphatic heterocycles. The van der Waals surface area contributed by atoms with Gasteiger partial charge in [-0.15, -0.1) is 35.3 Å². The maximum absolute atomic E-state index is 5.91. The molecule has 0 spiro atoms. The Bertz CT molecular complexity index is 674. The summed E-state index contributed by atoms with van der Waals surface area (Å²) < 4.78 is 10.5. The molecule has 0 saturated heterocycles. The van der Waals surface area contributed by atoms with Crippen LogP contribution in [0.3, 0.4) is 0 Å². The van der Waals surface area contributed by atoms with Crippen LogP contribution in [0.2, 0.25) is 0 Å². The standard InChI is InChI=1S/C17H23N3O2S.HI/c1-12-7-9-23-16(12)11-20-17(18)19-8-6-13-4-5-14(21-2)15(10-13)22-3;/h4-5,7,9-10H,6,8,11H2,1-3H3,(H3,18,19,20);1H. The van der Waals surface area contributed by atoms with E-state index in [2.05, 4.69) is 28.7 Å². The van der Waals surface area contributed by atoms with Crippen molar-refractivity contribution in [3.63, 3.8) is 0 Å². The predicted octanol–water partition coefficient (Wildman–Crippen LogP) is 3.34. The van der Waals surface area contributed by atoms with Crippen molar-refractivity contribution in [1.82, 2.24) is 5.32 Å². The molecule has 132 valence electrons. The first-order chi connectivity index (χ1) is 11.1. The minimum atomic E-state index is 0. The molecule has 3 N–H and O–H groups in total. The highest BCUT2D eigenvalue weighted by atomic mass is 127. The zero-order valence-corrected chi connectivity index (χ0v) is 17.3. The summed E-state index contributed by atoms with van der Waals surface area (Å²) >= 11 is 1.70. The van der Waals surface area contributed by atoms with E-state index in [9.17, 15) is 0 Å². The smallest absolute Gasteiger partial charge is 0.188 e. The summed E-state index contributed by atoms with van der Waals surface area (Å²) in [7, 11) is 3.27. The molecular weight excluding hydrogens is 437 g/mol. The first kappa shape index (κ1) is 20.6. The van der Waals surface area contributed by atoms with Crippen LogP contribution in [-0.2, 0) is 13.0 Å². The number of nitrogens with two attached hydrogens (primary N) is 1. The van der Waals surface area contributed by atoms with Gasteiger partial charge in [-0.3, -0.25) is 0 Å². The van der Waals surface area contributed by atoms with Crippen LogP contribution in [0.15, 0.2) is 34.6 Å². The van der Waals surface area contributed by atoms with E-state index in [1.54, 1.807) is 25.6 Å². The monoisotopic (exact) mass is 461 g/mol. The van der Waals surface area contributed by atoms with E-state index < -0.39 is 0 Å². The quantitative estimate of drug-likeness (QED) is 0.377. The number of rotatable bonds is 7. The molecule has 2 rings (SSSR count). The zero-order chi connectivity index (χ0) is 16.7. The van der Waals surface area contributed by atoms with Gasteiger partial charge in [-0.1, -0.05) is 6.07 Å². The van der Waals surface area contributed by atoms with Crippen LogP contribution in [0.25, 0.3) is 0 Å². The maximum Gasteiger partial charge on any atom is 0.188 e. The van der Waals surface area contributed by atoms with Gasteiger partial charge in [0, 0.05) is 11.4 Å². The maximum atomic E-state index is 5.91. The molecule has 0 aliphatic carbocycles. The Labute approximate surface area is 164 Å². The molecule has 0 unspecified atom stereocenters. The number of guanidine groups is 1. The van der Waals surface area contributed by atoms with Gasteiger partial charge in [0.1, 0.15) is 0 Å². The Balaban J connectivity index is 0.00000288. The van der Waals surface area contributed by atoms with Crippen molar-refractivity contribution in [2.75, 3.05) is 20.8 Å². The molecule has 0 atom stereocenters. The van der Waals surface area contributed by atoms with Gasteiger partial charge >= 0.3 is 0 Å². The third-order valence-electron chi connectivity index (χ3n) is 3.53. The third-order valence-corrected chi connectivity index (χ3v) is 4.54. The largest absolute Gasteiger partial charge is 0.493 e. The van der Waals surface area contributed by atoms with E-state index in [4.69, 9.17) is 15.2 Å². The van der Waals surface area contributed by atoms with Crippen molar-refractivity contribution in [1.29, 1.82) is 0 Å². The molecule has 0 fully saturated rings. The molecule has 0 bridgehead atoms. The SMILES string of the molecule is COc1ccc(CCNC(N)=NCc2sccc2C)cc1OC.I. The average Bonchev–Trinajstić information content (AvgIpc) is 2.97. The lowest BCUT2D eigenvalue weighted by atomic mass is 10.1. The van der Waals surface area contributed by atoms with Crippen molar-refractivity contribution in [2.24, 2.45) is 10.7 Å². The lowest BCUT2D eigenvalue weighted by Crippen LogP contribution is -2.33. The number of nitrogens with one attached hydrogen (secondary N) is 1. The molecule has 0 aliphatic rings. The van der Waals surface area contributed by atoms with E-state index in [1.807, 2.05) is 18.2 Å². The number of methoxy groups -OCH3 is 2. The van der Waals surface area contributed by atoms with Crippen molar-refractivity contribution in [2.45, 2.75) is 19.9 Å². The van der Waals surface area contributed by atoms with Gasteiger partial charge in [0.2, 0.25) is 0 Å². The van der Waals surface area contributed by atoms with Crippen molar-refractivity contribution in [3.05, 3.63) is 45.6 Å². The van der Waals surface area contributed by atoms with Gasteiger partial charge in [0.25, 0.3) is 0 Å². The van der Waals surface area contributed by atoms with Crippen LogP contribution in [0.4, 0.5) is 0 Å². The Hall–Kier alpha value is -1.48. The Morgan fingerprint density at radius 2 is 1.96 bits per heavy atom. The number of halogens is 1. The number of ether oxygens (including phenoxy) is 2. The first-order valence-electron chi connectivity index (χ1n) is 7.41. The van der Waals surface area contributed by atoms with E-state index >= 15 is 0 Å². The number of hydrogen-bond acceptors (Lipinski definition) is 4. The molecule has 24 heavy (non-hydrogen) atoms. The number of aliphatic imine (C=N–C) groups is 1. The second kappa shape index (κ2) is 10.4. The van der Waals surface area contributed by atoms with Gasteiger partial charge in [-0.2, -0.15) is 0 Å². The summed E-state index contributed by atoms with van der Waals surface area (Å²) in [5, 5.41) is 5.21. The van der Waals surface area contributed by atoms with Crippen molar-refractivity contribution >= 4 is 41.3 Å². The highest BCUT2D eigenvalue weighted by Crippen LogP contribution is 2.27. The number of aryl methyl sites for hydroxylation is 1. The van der Waals surface area contributed by atoms with Gasteiger partial charge in [0.05, 0.1) is 20.8 Å². The topological polar surface area (TPSA) is 68.9 Å². The molecule has 1 heterocycles. The Kier molecular flexibility index (Phi) is 8.91. The van der Waals surface area contributed by atoms with Crippen LogP contribution < -0.4 is 20.5 Å². The minimum Gasteiger partial charge on any atom is -0.493 e. The van der Waals surface area contributed by atoms with Gasteiger partial charge < -0.3 is 20.5 Å². The van der Waals surface area contributed by atoms with Crippen LogP contribution in [-0.4, -0.2) is 26.7 Å². The van der Waals surface area contributed by atoms with Crippen molar-refractivity contribution < 1.29 is 9.47 Å². The third kappa shape index (κ3) is 5.86. The van der Waals surface area contributed by atoms with Gasteiger partial charge in [-0.25, -0.2) is 4.99 Å². The van der Waals surface area contributed by atoms with Crippen LogP contribution >= 0.6 is 35.3 Å². The summed E-state index contributed by atoms with van der Waals surface area (Å²) in [6, 6.07) is 8.00. The lowest BCUT2D eigenvalue weighted by Gasteiger charge is -2.10. The lowest BCUT2D eigenvalue weighted by molar-refractivity contribution is 0.354. The van der Waals surface area contributed by atoms with Gasteiger partial charge in [-0.05, 0) is 48.1 Å². The predicted molar refractivity (Wildman–Crippen MR) is 111 cm³/mol. The Morgan fingerprint density at radius 1 is 1.21 bits per heavy atom. The summed E-state index contributed by atoms with van der Waals surface area (Å²) in [4.78, 5) is 5.61. The fraction of sp³-hybridized carbons (Fsp3) is 0.353. The highest BCUT2D eigenvalue weighted by Gasteiger charge is 2.04. The fourth-order valence-electron chi connectivity index (χ4n) is 2.15. The highest BCUT2D eigenvalue weighted by molar-refractivity contribution is 14.0. The fourth-order valence-corrected chi connectivity index (χ4v) is 2.98. The number of thiophene rings is 1. The molecular formula is C17H24IN3O2S. The second-order valence-electron chi connectivity index (χ2n) is 5.09. The summed E-state index contributed by atoms with van der Waals surface area (Å²) in [6.45, 7) is 3.43. The number of nitrogens with zero attached hydrogens (tertiary/aromatic N) is 1. The summed E-state index contributed by atoms with van der Waals surface area (Å²) in [5.74, 6) is 1.94. The summed E-state index contributed by atoms with van der Waals surface area (Å²) in [5.41, 5.74) is 8.32. The summed E-state index contributed by atoms with van der Waals surface area (Å²) in [6.07, 6.45) is 0.828. The molecule has 1 aromatic heterocycles. The van der Waals surface area contributed by atoms with Gasteiger partial charge in [0.15, 0.2) is 17.5 Å². The number of hydrogen-bond donors (Lipinski definition) is 2. The van der Waals surface area contributed by atoms with Crippen LogP contribution in [0, 0.1) is 6.92 Å².